The normalized spacial score (nSPS) is 15.4. The van der Waals surface area contributed by atoms with E-state index in [1.54, 1.807) is 0 Å². The molecule has 1 atom stereocenters. The Balaban J connectivity index is 2.01. The van der Waals surface area contributed by atoms with Crippen molar-refractivity contribution in [1.29, 1.82) is 0 Å². The van der Waals surface area contributed by atoms with Crippen LogP contribution in [0.4, 0.5) is 0 Å². The van der Waals surface area contributed by atoms with Crippen LogP contribution in [0.1, 0.15) is 0 Å². The summed E-state index contributed by atoms with van der Waals surface area (Å²) < 4.78 is 0. The molecule has 0 radical (unpaired) electrons. The van der Waals surface area contributed by atoms with E-state index in [9.17, 15) is 14.4 Å². The smallest absolute Gasteiger partial charge is 0.269 e. The van der Waals surface area contributed by atoms with Crippen LogP contribution in [0.2, 0.25) is 0 Å². The highest BCUT2D eigenvalue weighted by atomic mass is 32.2. The zero-order chi connectivity index (χ0) is 19.4. The first-order chi connectivity index (χ1) is 13.0. The van der Waals surface area contributed by atoms with Crippen molar-refractivity contribution in [3.8, 4) is 0 Å². The first-order valence-electron chi connectivity index (χ1n) is 8.10. The molecule has 0 saturated carbocycles. The molecule has 1 aliphatic heterocycles. The van der Waals surface area contributed by atoms with Gasteiger partial charge in [0.05, 0.1) is 9.81 Å². The number of thioether (sulfide) groups is 2. The second-order valence-electron chi connectivity index (χ2n) is 5.62. The van der Waals surface area contributed by atoms with E-state index in [1.807, 2.05) is 60.7 Å². The van der Waals surface area contributed by atoms with E-state index in [0.717, 1.165) is 14.7 Å². The van der Waals surface area contributed by atoms with E-state index in [1.165, 1.54) is 23.5 Å². The molecule has 3 rings (SSSR count). The van der Waals surface area contributed by atoms with Gasteiger partial charge in [0.25, 0.3) is 11.8 Å². The molecule has 0 unspecified atom stereocenters. The van der Waals surface area contributed by atoms with Crippen molar-refractivity contribution in [2.75, 3.05) is 6.54 Å². The fraction of sp³-hybridized carbons (Fsp3) is 0.105. The summed E-state index contributed by atoms with van der Waals surface area (Å²) in [7, 11) is 0. The number of hydrogen-bond acceptors (Lipinski definition) is 6. The van der Waals surface area contributed by atoms with Crippen molar-refractivity contribution in [3.05, 3.63) is 70.5 Å². The number of nitrogens with two attached hydrogens (primary N) is 2. The summed E-state index contributed by atoms with van der Waals surface area (Å²) in [6.07, 6.45) is 0. The first kappa shape index (κ1) is 19.2. The zero-order valence-electron chi connectivity index (χ0n) is 14.2. The third-order valence-electron chi connectivity index (χ3n) is 3.82. The largest absolute Gasteiger partial charge is 0.368 e. The van der Waals surface area contributed by atoms with Crippen molar-refractivity contribution >= 4 is 41.2 Å². The predicted molar refractivity (Wildman–Crippen MR) is 106 cm³/mol. The molecule has 0 spiro atoms. The minimum absolute atomic E-state index is 0.223. The third kappa shape index (κ3) is 4.08. The lowest BCUT2D eigenvalue weighted by Crippen LogP contribution is -2.52. The van der Waals surface area contributed by atoms with Crippen LogP contribution >= 0.6 is 23.5 Å². The highest BCUT2D eigenvalue weighted by Crippen LogP contribution is 2.42. The van der Waals surface area contributed by atoms with Crippen molar-refractivity contribution < 1.29 is 14.4 Å². The van der Waals surface area contributed by atoms with Crippen LogP contribution < -0.4 is 11.5 Å². The molecule has 1 aliphatic rings. The second-order valence-corrected chi connectivity index (χ2v) is 7.79. The fourth-order valence-electron chi connectivity index (χ4n) is 2.53. The Labute approximate surface area is 165 Å². The summed E-state index contributed by atoms with van der Waals surface area (Å²) in [6.45, 7) is -0.223. The van der Waals surface area contributed by atoms with Gasteiger partial charge in [-0.15, -0.1) is 0 Å². The summed E-state index contributed by atoms with van der Waals surface area (Å²) in [5, 5.41) is 0. The van der Waals surface area contributed by atoms with Gasteiger partial charge in [-0.05, 0) is 24.3 Å². The lowest BCUT2D eigenvalue weighted by Gasteiger charge is -2.22. The third-order valence-corrected chi connectivity index (χ3v) is 6.13. The van der Waals surface area contributed by atoms with E-state index in [4.69, 9.17) is 11.5 Å². The van der Waals surface area contributed by atoms with Gasteiger partial charge in [0, 0.05) is 16.3 Å². The average Bonchev–Trinajstić information content (AvgIpc) is 2.89. The Morgan fingerprint density at radius 1 is 0.852 bits per heavy atom. The quantitative estimate of drug-likeness (QED) is 0.690. The minimum atomic E-state index is -1.18. The number of hydrogen-bond donors (Lipinski definition) is 2. The maximum absolute atomic E-state index is 13.0. The molecule has 6 nitrogen and oxygen atoms in total. The monoisotopic (exact) mass is 399 g/mol. The van der Waals surface area contributed by atoms with Gasteiger partial charge < -0.3 is 11.5 Å². The molecule has 27 heavy (non-hydrogen) atoms. The molecule has 0 fully saturated rings. The summed E-state index contributed by atoms with van der Waals surface area (Å²) in [6, 6.07) is 17.3. The standard InChI is InChI=1S/C19H17N3O3S2/c20-11-14(17(21)23)22-18(24)15(26-12-7-3-1-4-8-12)16(19(22)25)27-13-9-5-2-6-10-13/h1-10,14H,11,20H2,(H2,21,23)/t14-/m0/s1. The van der Waals surface area contributed by atoms with Crippen molar-refractivity contribution in [1.82, 2.24) is 4.90 Å². The fourth-order valence-corrected chi connectivity index (χ4v) is 4.57. The highest BCUT2D eigenvalue weighted by molar-refractivity contribution is 8.08. The maximum Gasteiger partial charge on any atom is 0.269 e. The lowest BCUT2D eigenvalue weighted by molar-refractivity contribution is -0.144. The number of carbonyl (C=O) groups excluding carboxylic acids is 3. The van der Waals surface area contributed by atoms with Crippen molar-refractivity contribution in [3.63, 3.8) is 0 Å². The Bertz CT molecular complexity index is 837. The number of amides is 3. The lowest BCUT2D eigenvalue weighted by atomic mass is 10.2. The van der Waals surface area contributed by atoms with Crippen LogP contribution in [0.15, 0.2) is 80.3 Å². The SMILES string of the molecule is NC[C@@H](C(N)=O)N1C(=O)C(Sc2ccccc2)=C(Sc2ccccc2)C1=O. The molecule has 0 aromatic heterocycles. The topological polar surface area (TPSA) is 106 Å². The molecule has 0 bridgehead atoms. The van der Waals surface area contributed by atoms with Crippen LogP contribution in [0, 0.1) is 0 Å². The molecule has 4 N–H and O–H groups in total. The van der Waals surface area contributed by atoms with Crippen molar-refractivity contribution in [2.45, 2.75) is 15.8 Å². The van der Waals surface area contributed by atoms with Gasteiger partial charge in [0.1, 0.15) is 6.04 Å². The van der Waals surface area contributed by atoms with Gasteiger partial charge in [0.2, 0.25) is 5.91 Å². The highest BCUT2D eigenvalue weighted by Gasteiger charge is 2.44. The Hall–Kier alpha value is -2.55. The molecule has 3 amide bonds. The molecular weight excluding hydrogens is 382 g/mol. The van der Waals surface area contributed by atoms with Gasteiger partial charge in [-0.2, -0.15) is 0 Å². The second kappa shape index (κ2) is 8.43. The van der Waals surface area contributed by atoms with Crippen LogP contribution in [0.3, 0.4) is 0 Å². The molecule has 1 heterocycles. The van der Waals surface area contributed by atoms with Crippen LogP contribution in [0.5, 0.6) is 0 Å². The Morgan fingerprint density at radius 3 is 1.59 bits per heavy atom. The summed E-state index contributed by atoms with van der Waals surface area (Å²) in [4.78, 5) is 40.7. The number of carbonyl (C=O) groups is 3. The molecule has 8 heteroatoms. The number of nitrogens with zero attached hydrogens (tertiary/aromatic N) is 1. The number of rotatable bonds is 7. The average molecular weight is 399 g/mol. The van der Waals surface area contributed by atoms with Gasteiger partial charge >= 0.3 is 0 Å². The molecule has 2 aromatic carbocycles. The Morgan fingerprint density at radius 2 is 1.26 bits per heavy atom. The van der Waals surface area contributed by atoms with Gasteiger partial charge in [-0.3, -0.25) is 19.3 Å². The molecule has 0 aliphatic carbocycles. The maximum atomic E-state index is 13.0. The number of primary amides is 1. The van der Waals surface area contributed by atoms with Crippen LogP contribution in [0.25, 0.3) is 0 Å². The zero-order valence-corrected chi connectivity index (χ0v) is 15.8. The first-order valence-corrected chi connectivity index (χ1v) is 9.73. The van der Waals surface area contributed by atoms with E-state index in [0.29, 0.717) is 0 Å². The number of benzene rings is 2. The van der Waals surface area contributed by atoms with E-state index in [2.05, 4.69) is 0 Å². The van der Waals surface area contributed by atoms with E-state index >= 15 is 0 Å². The van der Waals surface area contributed by atoms with Gasteiger partial charge in [0.15, 0.2) is 0 Å². The molecule has 2 aromatic rings. The predicted octanol–water partition coefficient (Wildman–Crippen LogP) is 1.96. The number of imide groups is 1. The Kier molecular flexibility index (Phi) is 6.00. The van der Waals surface area contributed by atoms with Crippen molar-refractivity contribution in [2.24, 2.45) is 11.5 Å². The van der Waals surface area contributed by atoms with E-state index < -0.39 is 23.8 Å². The molecular formula is C19H17N3O3S2. The van der Waals surface area contributed by atoms with Crippen LogP contribution in [-0.2, 0) is 14.4 Å². The van der Waals surface area contributed by atoms with E-state index in [-0.39, 0.29) is 16.4 Å². The van der Waals surface area contributed by atoms with Gasteiger partial charge in [-0.25, -0.2) is 0 Å². The minimum Gasteiger partial charge on any atom is -0.368 e. The summed E-state index contributed by atoms with van der Waals surface area (Å²) in [5.41, 5.74) is 10.9. The molecule has 138 valence electrons. The summed E-state index contributed by atoms with van der Waals surface area (Å²) in [5.74, 6) is -1.92. The van der Waals surface area contributed by atoms with Gasteiger partial charge in [-0.1, -0.05) is 59.9 Å². The summed E-state index contributed by atoms with van der Waals surface area (Å²) >= 11 is 2.38. The van der Waals surface area contributed by atoms with Crippen LogP contribution in [-0.4, -0.2) is 35.2 Å². The molecule has 0 saturated heterocycles.